The van der Waals surface area contributed by atoms with E-state index in [9.17, 15) is 9.59 Å². The fourth-order valence-electron chi connectivity index (χ4n) is 4.42. The van der Waals surface area contributed by atoms with Gasteiger partial charge in [-0.2, -0.15) is 0 Å². The normalized spacial score (nSPS) is 11.3. The van der Waals surface area contributed by atoms with Crippen LogP contribution in [0, 0.1) is 0 Å². The Labute approximate surface area is 208 Å². The molecule has 0 atom stereocenters. The van der Waals surface area contributed by atoms with Crippen LogP contribution in [0.1, 0.15) is 42.7 Å². The Balaban J connectivity index is 1.94. The van der Waals surface area contributed by atoms with Gasteiger partial charge >= 0.3 is 0 Å². The van der Waals surface area contributed by atoms with Crippen molar-refractivity contribution in [2.45, 2.75) is 39.7 Å². The average molecular weight is 496 g/mol. The molecule has 4 aromatic rings. The number of fused-ring (bicyclic) bond motifs is 3. The van der Waals surface area contributed by atoms with Gasteiger partial charge in [0.15, 0.2) is 0 Å². The number of hydrogen-bond acceptors (Lipinski definition) is 5. The SMILES string of the molecule is CCNC(=O)c1cc(OC)cc(-c2cc3cnc4[nH]c(CCCCN)cc4c3n(CC)c2=O)c1Cl. The minimum Gasteiger partial charge on any atom is -0.497 e. The van der Waals surface area contributed by atoms with E-state index in [1.165, 1.54) is 7.11 Å². The van der Waals surface area contributed by atoms with Gasteiger partial charge in [-0.15, -0.1) is 0 Å². The maximum Gasteiger partial charge on any atom is 0.258 e. The quantitative estimate of drug-likeness (QED) is 0.300. The first-order valence-corrected chi connectivity index (χ1v) is 12.2. The van der Waals surface area contributed by atoms with Crippen LogP contribution in [0.5, 0.6) is 5.75 Å². The molecule has 0 aliphatic heterocycles. The lowest BCUT2D eigenvalue weighted by atomic mass is 10.0. The van der Waals surface area contributed by atoms with E-state index < -0.39 is 0 Å². The highest BCUT2D eigenvalue weighted by Crippen LogP contribution is 2.35. The summed E-state index contributed by atoms with van der Waals surface area (Å²) in [5.74, 6) is 0.113. The van der Waals surface area contributed by atoms with E-state index in [-0.39, 0.29) is 22.1 Å². The molecule has 3 aromatic heterocycles. The predicted octanol–water partition coefficient (Wildman–Crippen LogP) is 4.26. The van der Waals surface area contributed by atoms with Gasteiger partial charge in [-0.1, -0.05) is 11.6 Å². The molecule has 8 nitrogen and oxygen atoms in total. The average Bonchev–Trinajstić information content (AvgIpc) is 3.27. The number of nitrogens with two attached hydrogens (primary N) is 1. The van der Waals surface area contributed by atoms with Crippen molar-refractivity contribution in [3.63, 3.8) is 0 Å². The second-order valence-electron chi connectivity index (χ2n) is 8.37. The van der Waals surface area contributed by atoms with Crippen molar-refractivity contribution in [2.24, 2.45) is 5.73 Å². The van der Waals surface area contributed by atoms with Crippen LogP contribution < -0.4 is 21.3 Å². The van der Waals surface area contributed by atoms with Crippen molar-refractivity contribution in [1.82, 2.24) is 19.9 Å². The van der Waals surface area contributed by atoms with Gasteiger partial charge in [-0.3, -0.25) is 9.59 Å². The van der Waals surface area contributed by atoms with E-state index in [0.29, 0.717) is 36.5 Å². The van der Waals surface area contributed by atoms with E-state index in [1.54, 1.807) is 29.0 Å². The number of aryl methyl sites for hydroxylation is 2. The summed E-state index contributed by atoms with van der Waals surface area (Å²) in [6.45, 7) is 5.33. The first kappa shape index (κ1) is 24.8. The Morgan fingerprint density at radius 2 is 2.00 bits per heavy atom. The molecule has 35 heavy (non-hydrogen) atoms. The first-order chi connectivity index (χ1) is 16.9. The van der Waals surface area contributed by atoms with Crippen molar-refractivity contribution in [1.29, 1.82) is 0 Å². The van der Waals surface area contributed by atoms with Gasteiger partial charge in [0, 0.05) is 46.9 Å². The summed E-state index contributed by atoms with van der Waals surface area (Å²) >= 11 is 6.69. The molecular formula is C26H30ClN5O3. The molecule has 0 fully saturated rings. The van der Waals surface area contributed by atoms with Crippen LogP contribution in [0.2, 0.25) is 5.02 Å². The number of ether oxygens (including phenoxy) is 1. The lowest BCUT2D eigenvalue weighted by molar-refractivity contribution is 0.0955. The second-order valence-corrected chi connectivity index (χ2v) is 8.75. The molecular weight excluding hydrogens is 466 g/mol. The highest BCUT2D eigenvalue weighted by Gasteiger charge is 2.21. The minimum atomic E-state index is -0.327. The number of pyridine rings is 2. The molecule has 9 heteroatoms. The smallest absolute Gasteiger partial charge is 0.258 e. The number of methoxy groups -OCH3 is 1. The standard InChI is InChI=1S/C26H30ClN5O3/c1-4-29-25(33)20-13-17(35-3)12-18(22(20)27)19-10-15-14-30-24-21(23(15)32(5-2)26(19)34)11-16(31-24)8-6-7-9-28/h10-14H,4-9,28H2,1-3H3,(H,29,33)(H,30,31). The number of unbranched alkanes of at least 4 members (excludes halogenated alkanes) is 1. The van der Waals surface area contributed by atoms with Gasteiger partial charge in [0.25, 0.3) is 11.5 Å². The molecule has 184 valence electrons. The first-order valence-electron chi connectivity index (χ1n) is 11.8. The largest absolute Gasteiger partial charge is 0.497 e. The zero-order chi connectivity index (χ0) is 25.1. The summed E-state index contributed by atoms with van der Waals surface area (Å²) in [5.41, 5.74) is 9.13. The number of hydrogen-bond donors (Lipinski definition) is 3. The molecule has 0 aliphatic carbocycles. The molecule has 1 amide bonds. The molecule has 0 spiro atoms. The Morgan fingerprint density at radius 3 is 2.69 bits per heavy atom. The maximum absolute atomic E-state index is 13.8. The number of carbonyl (C=O) groups is 1. The van der Waals surface area contributed by atoms with Crippen LogP contribution in [0.4, 0.5) is 0 Å². The fraction of sp³-hybridized carbons (Fsp3) is 0.346. The summed E-state index contributed by atoms with van der Waals surface area (Å²) in [7, 11) is 1.51. The third-order valence-electron chi connectivity index (χ3n) is 6.13. The van der Waals surface area contributed by atoms with Gasteiger partial charge in [0.05, 0.1) is 23.2 Å². The van der Waals surface area contributed by atoms with E-state index in [2.05, 4.69) is 21.4 Å². The van der Waals surface area contributed by atoms with Gasteiger partial charge in [0.2, 0.25) is 0 Å². The molecule has 1 aromatic carbocycles. The van der Waals surface area contributed by atoms with Crippen molar-refractivity contribution < 1.29 is 9.53 Å². The van der Waals surface area contributed by atoms with E-state index in [0.717, 1.165) is 46.9 Å². The number of rotatable bonds is 9. The van der Waals surface area contributed by atoms with Crippen LogP contribution in [0.15, 0.2) is 35.3 Å². The van der Waals surface area contributed by atoms with E-state index >= 15 is 0 Å². The second kappa shape index (κ2) is 10.5. The van der Waals surface area contributed by atoms with Gasteiger partial charge in [0.1, 0.15) is 11.4 Å². The van der Waals surface area contributed by atoms with Gasteiger partial charge in [-0.25, -0.2) is 4.98 Å². The number of amides is 1. The summed E-state index contributed by atoms with van der Waals surface area (Å²) in [4.78, 5) is 34.4. The molecule has 0 bridgehead atoms. The number of aromatic nitrogens is 3. The van der Waals surface area contributed by atoms with Crippen LogP contribution in [0.25, 0.3) is 33.1 Å². The molecule has 0 saturated heterocycles. The Bertz CT molecular complexity index is 1460. The molecule has 4 N–H and O–H groups in total. The van der Waals surface area contributed by atoms with E-state index in [1.807, 2.05) is 13.8 Å². The zero-order valence-corrected chi connectivity index (χ0v) is 21.0. The number of benzene rings is 1. The van der Waals surface area contributed by atoms with Crippen LogP contribution in [-0.4, -0.2) is 40.6 Å². The highest BCUT2D eigenvalue weighted by atomic mass is 35.5. The molecule has 0 radical (unpaired) electrons. The Kier molecular flexibility index (Phi) is 7.42. The minimum absolute atomic E-state index is 0.199. The summed E-state index contributed by atoms with van der Waals surface area (Å²) in [5, 5.41) is 4.66. The predicted molar refractivity (Wildman–Crippen MR) is 141 cm³/mol. The van der Waals surface area contributed by atoms with E-state index in [4.69, 9.17) is 22.1 Å². The number of nitrogens with zero attached hydrogens (tertiary/aromatic N) is 2. The molecule has 0 saturated carbocycles. The van der Waals surface area contributed by atoms with Crippen molar-refractivity contribution in [3.05, 3.63) is 57.1 Å². The van der Waals surface area contributed by atoms with Crippen molar-refractivity contribution >= 4 is 39.4 Å². The molecule has 0 aliphatic rings. The number of halogens is 1. The van der Waals surface area contributed by atoms with Crippen LogP contribution in [0.3, 0.4) is 0 Å². The molecule has 4 rings (SSSR count). The lowest BCUT2D eigenvalue weighted by Gasteiger charge is -2.15. The molecule has 3 heterocycles. The van der Waals surface area contributed by atoms with Crippen LogP contribution >= 0.6 is 11.6 Å². The third kappa shape index (κ3) is 4.63. The third-order valence-corrected chi connectivity index (χ3v) is 6.54. The topological polar surface area (TPSA) is 115 Å². The monoisotopic (exact) mass is 495 g/mol. The summed E-state index contributed by atoms with van der Waals surface area (Å²) in [6.07, 6.45) is 4.55. The number of nitrogens with one attached hydrogen (secondary N) is 2. The Hall–Kier alpha value is -3.36. The van der Waals surface area contributed by atoms with Crippen LogP contribution in [-0.2, 0) is 13.0 Å². The summed E-state index contributed by atoms with van der Waals surface area (Å²) in [6, 6.07) is 7.12. The highest BCUT2D eigenvalue weighted by molar-refractivity contribution is 6.36. The maximum atomic E-state index is 13.8. The fourth-order valence-corrected chi connectivity index (χ4v) is 4.72. The molecule has 0 unspecified atom stereocenters. The van der Waals surface area contributed by atoms with Gasteiger partial charge < -0.3 is 25.3 Å². The zero-order valence-electron chi connectivity index (χ0n) is 20.2. The number of aromatic amines is 1. The summed E-state index contributed by atoms with van der Waals surface area (Å²) < 4.78 is 7.14. The van der Waals surface area contributed by atoms with Gasteiger partial charge in [-0.05, 0) is 63.9 Å². The van der Waals surface area contributed by atoms with Crippen molar-refractivity contribution in [2.75, 3.05) is 20.2 Å². The number of carbonyl (C=O) groups excluding carboxylic acids is 1. The van der Waals surface area contributed by atoms with Crippen molar-refractivity contribution in [3.8, 4) is 16.9 Å². The number of H-pyrrole nitrogens is 1. The lowest BCUT2D eigenvalue weighted by Crippen LogP contribution is -2.24. The Morgan fingerprint density at radius 1 is 1.20 bits per heavy atom.